The van der Waals surface area contributed by atoms with Gasteiger partial charge in [-0.05, 0) is 25.3 Å². The molecule has 88 valence electrons. The number of rotatable bonds is 2. The van der Waals surface area contributed by atoms with Crippen LogP contribution in [0, 0.1) is 6.92 Å². The first kappa shape index (κ1) is 10.7. The van der Waals surface area contributed by atoms with Crippen molar-refractivity contribution in [1.29, 1.82) is 0 Å². The predicted octanol–water partition coefficient (Wildman–Crippen LogP) is 2.46. The van der Waals surface area contributed by atoms with Gasteiger partial charge < -0.3 is 4.90 Å². The highest BCUT2D eigenvalue weighted by molar-refractivity contribution is 7.98. The number of hydrogen-bond acceptors (Lipinski definition) is 4. The monoisotopic (exact) mass is 246 g/mol. The lowest BCUT2D eigenvalue weighted by Gasteiger charge is -2.15. The second kappa shape index (κ2) is 4.07. The molecule has 0 atom stereocenters. The van der Waals surface area contributed by atoms with Gasteiger partial charge >= 0.3 is 0 Å². The zero-order valence-electron chi connectivity index (χ0n) is 9.92. The lowest BCUT2D eigenvalue weighted by atomic mass is 10.2. The average Bonchev–Trinajstić information content (AvgIpc) is 2.91. The van der Waals surface area contributed by atoms with Crippen molar-refractivity contribution in [3.63, 3.8) is 0 Å². The fourth-order valence-corrected chi connectivity index (χ4v) is 2.61. The molecule has 0 bridgehead atoms. The van der Waals surface area contributed by atoms with Crippen molar-refractivity contribution < 1.29 is 0 Å². The fraction of sp³-hybridized carbons (Fsp3) is 0.333. The Bertz CT molecular complexity index is 532. The van der Waals surface area contributed by atoms with E-state index in [2.05, 4.69) is 50.9 Å². The van der Waals surface area contributed by atoms with Crippen LogP contribution in [0.3, 0.4) is 0 Å². The summed E-state index contributed by atoms with van der Waals surface area (Å²) in [6.07, 6.45) is 2.03. The molecule has 0 saturated heterocycles. The van der Waals surface area contributed by atoms with Crippen molar-refractivity contribution in [2.75, 3.05) is 17.7 Å². The van der Waals surface area contributed by atoms with Gasteiger partial charge in [-0.15, -0.1) is 10.2 Å². The number of aryl methyl sites for hydroxylation is 1. The summed E-state index contributed by atoms with van der Waals surface area (Å²) >= 11 is 1.64. The van der Waals surface area contributed by atoms with Crippen LogP contribution < -0.4 is 4.90 Å². The Balaban J connectivity index is 1.98. The van der Waals surface area contributed by atoms with Gasteiger partial charge in [-0.25, -0.2) is 0 Å². The van der Waals surface area contributed by atoms with E-state index in [9.17, 15) is 0 Å². The first-order valence-electron chi connectivity index (χ1n) is 5.61. The topological polar surface area (TPSA) is 34.0 Å². The quantitative estimate of drug-likeness (QED) is 0.762. The first-order valence-corrected chi connectivity index (χ1v) is 6.83. The molecule has 4 nitrogen and oxygen atoms in total. The van der Waals surface area contributed by atoms with Crippen LogP contribution in [-0.2, 0) is 6.54 Å². The molecule has 0 radical (unpaired) electrons. The number of nitrogens with zero attached hydrogens (tertiary/aromatic N) is 4. The largest absolute Gasteiger partial charge is 0.309 e. The molecule has 17 heavy (non-hydrogen) atoms. The first-order chi connectivity index (χ1) is 8.29. The maximum Gasteiger partial charge on any atom is 0.232 e. The van der Waals surface area contributed by atoms with Gasteiger partial charge in [0, 0.05) is 18.8 Å². The molecule has 0 spiro atoms. The van der Waals surface area contributed by atoms with E-state index in [1.807, 2.05) is 6.26 Å². The smallest absolute Gasteiger partial charge is 0.232 e. The Labute approximate surface area is 105 Å². The number of benzene rings is 1. The van der Waals surface area contributed by atoms with E-state index < -0.39 is 0 Å². The molecule has 1 aliphatic rings. The van der Waals surface area contributed by atoms with Gasteiger partial charge in [0.15, 0.2) is 5.16 Å². The SMILES string of the molecule is CSc1nnc2n1CCN2c1ccc(C)cc1. The van der Waals surface area contributed by atoms with Crippen molar-refractivity contribution in [2.24, 2.45) is 0 Å². The zero-order chi connectivity index (χ0) is 11.8. The molecular weight excluding hydrogens is 232 g/mol. The Morgan fingerprint density at radius 1 is 1.12 bits per heavy atom. The van der Waals surface area contributed by atoms with Crippen molar-refractivity contribution in [2.45, 2.75) is 18.6 Å². The molecule has 0 saturated carbocycles. The van der Waals surface area contributed by atoms with Gasteiger partial charge in [-0.2, -0.15) is 0 Å². The number of aromatic nitrogens is 3. The number of thioether (sulfide) groups is 1. The predicted molar refractivity (Wildman–Crippen MR) is 70.0 cm³/mol. The molecule has 0 N–H and O–H groups in total. The summed E-state index contributed by atoms with van der Waals surface area (Å²) in [5.41, 5.74) is 2.47. The van der Waals surface area contributed by atoms with Crippen molar-refractivity contribution in [3.05, 3.63) is 29.8 Å². The maximum atomic E-state index is 4.27. The van der Waals surface area contributed by atoms with Crippen LogP contribution in [0.25, 0.3) is 0 Å². The minimum Gasteiger partial charge on any atom is -0.309 e. The Morgan fingerprint density at radius 2 is 1.88 bits per heavy atom. The minimum atomic E-state index is 0.957. The van der Waals surface area contributed by atoms with Crippen LogP contribution in [-0.4, -0.2) is 27.6 Å². The van der Waals surface area contributed by atoms with Crippen molar-refractivity contribution in [1.82, 2.24) is 14.8 Å². The molecule has 5 heteroatoms. The van der Waals surface area contributed by atoms with E-state index in [4.69, 9.17) is 0 Å². The lowest BCUT2D eigenvalue weighted by Crippen LogP contribution is -2.14. The van der Waals surface area contributed by atoms with Crippen molar-refractivity contribution in [3.8, 4) is 0 Å². The van der Waals surface area contributed by atoms with E-state index in [-0.39, 0.29) is 0 Å². The standard InChI is InChI=1S/C12H14N4S/c1-9-3-5-10(6-4-9)15-7-8-16-11(15)13-14-12(16)17-2/h3-6H,7-8H2,1-2H3. The molecule has 0 amide bonds. The number of fused-ring (bicyclic) bond motifs is 1. The molecular formula is C12H14N4S. The lowest BCUT2D eigenvalue weighted by molar-refractivity contribution is 0.705. The van der Waals surface area contributed by atoms with Gasteiger partial charge in [0.2, 0.25) is 5.95 Å². The third-order valence-electron chi connectivity index (χ3n) is 3.01. The summed E-state index contributed by atoms with van der Waals surface area (Å²) in [5.74, 6) is 0.957. The molecule has 1 aromatic heterocycles. The molecule has 3 rings (SSSR count). The van der Waals surface area contributed by atoms with Crippen LogP contribution in [0.15, 0.2) is 29.4 Å². The Morgan fingerprint density at radius 3 is 2.59 bits per heavy atom. The highest BCUT2D eigenvalue weighted by Crippen LogP contribution is 2.31. The minimum absolute atomic E-state index is 0.957. The van der Waals surface area contributed by atoms with E-state index in [0.29, 0.717) is 0 Å². The highest BCUT2D eigenvalue weighted by Gasteiger charge is 2.25. The van der Waals surface area contributed by atoms with Gasteiger partial charge in [-0.3, -0.25) is 4.57 Å². The van der Waals surface area contributed by atoms with Gasteiger partial charge in [0.1, 0.15) is 0 Å². The fourth-order valence-electron chi connectivity index (χ4n) is 2.10. The molecule has 2 aromatic rings. The number of anilines is 2. The van der Waals surface area contributed by atoms with E-state index >= 15 is 0 Å². The van der Waals surface area contributed by atoms with Gasteiger partial charge in [-0.1, -0.05) is 29.5 Å². The van der Waals surface area contributed by atoms with Crippen LogP contribution >= 0.6 is 11.8 Å². The summed E-state index contributed by atoms with van der Waals surface area (Å²) in [7, 11) is 0. The molecule has 0 unspecified atom stereocenters. The molecule has 2 heterocycles. The normalized spacial score (nSPS) is 14.1. The Hall–Kier alpha value is -1.49. The van der Waals surface area contributed by atoms with Crippen LogP contribution in [0.5, 0.6) is 0 Å². The van der Waals surface area contributed by atoms with E-state index in [1.165, 1.54) is 11.3 Å². The van der Waals surface area contributed by atoms with Crippen LogP contribution in [0.2, 0.25) is 0 Å². The molecule has 0 aliphatic carbocycles. The van der Waals surface area contributed by atoms with Gasteiger partial charge in [0.05, 0.1) is 0 Å². The summed E-state index contributed by atoms with van der Waals surface area (Å²) in [6.45, 7) is 4.04. The van der Waals surface area contributed by atoms with Crippen LogP contribution in [0.4, 0.5) is 11.6 Å². The number of hydrogen-bond donors (Lipinski definition) is 0. The van der Waals surface area contributed by atoms with Crippen molar-refractivity contribution >= 4 is 23.4 Å². The average molecular weight is 246 g/mol. The summed E-state index contributed by atoms with van der Waals surface area (Å²) < 4.78 is 2.17. The zero-order valence-corrected chi connectivity index (χ0v) is 10.7. The second-order valence-corrected chi connectivity index (χ2v) is 4.90. The maximum absolute atomic E-state index is 4.27. The molecule has 1 aliphatic heterocycles. The van der Waals surface area contributed by atoms with E-state index in [1.54, 1.807) is 11.8 Å². The Kier molecular flexibility index (Phi) is 2.55. The molecule has 0 fully saturated rings. The summed E-state index contributed by atoms with van der Waals surface area (Å²) in [5, 5.41) is 9.44. The van der Waals surface area contributed by atoms with Gasteiger partial charge in [0.25, 0.3) is 0 Å². The third kappa shape index (κ3) is 1.70. The summed E-state index contributed by atoms with van der Waals surface area (Å²) in [4.78, 5) is 2.21. The summed E-state index contributed by atoms with van der Waals surface area (Å²) in [6, 6.07) is 8.53. The molecule has 1 aromatic carbocycles. The second-order valence-electron chi connectivity index (χ2n) is 4.13. The highest BCUT2D eigenvalue weighted by atomic mass is 32.2. The van der Waals surface area contributed by atoms with E-state index in [0.717, 1.165) is 24.2 Å². The third-order valence-corrected chi connectivity index (χ3v) is 3.68. The van der Waals surface area contributed by atoms with Crippen LogP contribution in [0.1, 0.15) is 5.56 Å².